The Hall–Kier alpha value is -0.900. The first kappa shape index (κ1) is 15.0. The van der Waals surface area contributed by atoms with Crippen LogP contribution in [0.4, 0.5) is 0 Å². The molecule has 2 atom stereocenters. The van der Waals surface area contributed by atoms with E-state index in [1.165, 1.54) is 11.1 Å². The number of likely N-dealkylation sites (tertiary alicyclic amines) is 1. The number of benzene rings is 1. The lowest BCUT2D eigenvalue weighted by Crippen LogP contribution is -2.57. The lowest BCUT2D eigenvalue weighted by Gasteiger charge is -2.50. The van der Waals surface area contributed by atoms with E-state index in [4.69, 9.17) is 5.73 Å². The predicted molar refractivity (Wildman–Crippen MR) is 86.4 cm³/mol. The molecule has 3 N–H and O–H groups in total. The van der Waals surface area contributed by atoms with Gasteiger partial charge in [0, 0.05) is 18.5 Å². The van der Waals surface area contributed by atoms with E-state index in [1.54, 1.807) is 0 Å². The summed E-state index contributed by atoms with van der Waals surface area (Å²) < 4.78 is 0. The van der Waals surface area contributed by atoms with Crippen LogP contribution in [-0.2, 0) is 11.8 Å². The molecule has 0 bridgehead atoms. The maximum atomic E-state index is 11.6. The van der Waals surface area contributed by atoms with E-state index in [1.807, 2.05) is 0 Å². The van der Waals surface area contributed by atoms with Crippen molar-refractivity contribution in [3.63, 3.8) is 0 Å². The normalized spacial score (nSPS) is 34.2. The molecule has 1 aliphatic carbocycles. The lowest BCUT2D eigenvalue weighted by molar-refractivity contribution is -0.0561. The first-order valence-corrected chi connectivity index (χ1v) is 8.31. The summed E-state index contributed by atoms with van der Waals surface area (Å²) in [5.74, 6) is 0. The third-order valence-corrected chi connectivity index (χ3v) is 5.86. The van der Waals surface area contributed by atoms with Gasteiger partial charge in [0.25, 0.3) is 0 Å². The number of nitrogens with zero attached hydrogens (tertiary/aromatic N) is 1. The second-order valence-electron chi connectivity index (χ2n) is 6.99. The quantitative estimate of drug-likeness (QED) is 0.876. The Kier molecular flexibility index (Phi) is 4.08. The molecule has 21 heavy (non-hydrogen) atoms. The van der Waals surface area contributed by atoms with Crippen molar-refractivity contribution in [2.75, 3.05) is 26.7 Å². The average Bonchev–Trinajstić information content (AvgIpc) is 2.69. The molecule has 1 aromatic rings. The molecule has 0 amide bonds. The Morgan fingerprint density at radius 3 is 2.76 bits per heavy atom. The van der Waals surface area contributed by atoms with Crippen molar-refractivity contribution in [2.24, 2.45) is 5.73 Å². The van der Waals surface area contributed by atoms with E-state index in [0.29, 0.717) is 6.54 Å². The van der Waals surface area contributed by atoms with Gasteiger partial charge in [0.2, 0.25) is 0 Å². The molecule has 1 heterocycles. The number of nitrogens with two attached hydrogens (primary N) is 1. The Bertz CT molecular complexity index is 504. The average molecular weight is 288 g/mol. The van der Waals surface area contributed by atoms with Gasteiger partial charge in [-0.15, -0.1) is 0 Å². The molecule has 3 heteroatoms. The van der Waals surface area contributed by atoms with Crippen LogP contribution in [0, 0.1) is 0 Å². The van der Waals surface area contributed by atoms with E-state index in [-0.39, 0.29) is 5.41 Å². The standard InChI is InChI=1S/C18H28N2O/c1-20-12-5-10-18(21,11-13-20)17(14-19)9-4-7-15-6-2-3-8-16(15)17/h2-3,6,8,21H,4-5,7,9-14,19H2,1H3. The molecule has 0 spiro atoms. The fourth-order valence-electron chi connectivity index (χ4n) is 4.54. The van der Waals surface area contributed by atoms with Crippen LogP contribution >= 0.6 is 0 Å². The van der Waals surface area contributed by atoms with Crippen LogP contribution in [0.25, 0.3) is 0 Å². The molecule has 116 valence electrons. The van der Waals surface area contributed by atoms with Crippen molar-refractivity contribution >= 4 is 0 Å². The van der Waals surface area contributed by atoms with Crippen LogP contribution in [0.2, 0.25) is 0 Å². The van der Waals surface area contributed by atoms with E-state index < -0.39 is 5.60 Å². The van der Waals surface area contributed by atoms with Crippen LogP contribution in [0.15, 0.2) is 24.3 Å². The van der Waals surface area contributed by atoms with Gasteiger partial charge in [-0.05, 0) is 63.2 Å². The number of hydrogen-bond donors (Lipinski definition) is 2. The molecule has 0 saturated carbocycles. The summed E-state index contributed by atoms with van der Waals surface area (Å²) in [6.07, 6.45) is 6.01. The maximum Gasteiger partial charge on any atom is 0.0768 e. The van der Waals surface area contributed by atoms with Gasteiger partial charge in [-0.2, -0.15) is 0 Å². The minimum Gasteiger partial charge on any atom is -0.389 e. The van der Waals surface area contributed by atoms with Crippen molar-refractivity contribution in [1.29, 1.82) is 0 Å². The topological polar surface area (TPSA) is 49.5 Å². The van der Waals surface area contributed by atoms with E-state index >= 15 is 0 Å². The molecular formula is C18H28N2O. The van der Waals surface area contributed by atoms with Crippen LogP contribution in [0.3, 0.4) is 0 Å². The van der Waals surface area contributed by atoms with Gasteiger partial charge in [-0.25, -0.2) is 0 Å². The molecule has 2 aliphatic rings. The smallest absolute Gasteiger partial charge is 0.0768 e. The molecule has 3 rings (SSSR count). The Balaban J connectivity index is 2.04. The summed E-state index contributed by atoms with van der Waals surface area (Å²) in [4.78, 5) is 2.33. The van der Waals surface area contributed by atoms with Crippen molar-refractivity contribution in [3.8, 4) is 0 Å². The molecule has 1 aromatic carbocycles. The van der Waals surface area contributed by atoms with Crippen molar-refractivity contribution in [3.05, 3.63) is 35.4 Å². The molecule has 0 aromatic heterocycles. The van der Waals surface area contributed by atoms with E-state index in [2.05, 4.69) is 36.2 Å². The Morgan fingerprint density at radius 2 is 1.95 bits per heavy atom. The van der Waals surface area contributed by atoms with Crippen molar-refractivity contribution in [2.45, 2.75) is 49.5 Å². The highest BCUT2D eigenvalue weighted by Gasteiger charge is 2.51. The summed E-state index contributed by atoms with van der Waals surface area (Å²) in [5, 5.41) is 11.6. The highest BCUT2D eigenvalue weighted by atomic mass is 16.3. The van der Waals surface area contributed by atoms with Gasteiger partial charge < -0.3 is 15.7 Å². The molecule has 1 fully saturated rings. The van der Waals surface area contributed by atoms with Gasteiger partial charge in [-0.1, -0.05) is 24.3 Å². The number of hydrogen-bond acceptors (Lipinski definition) is 3. The molecule has 1 aliphatic heterocycles. The molecular weight excluding hydrogens is 260 g/mol. The predicted octanol–water partition coefficient (Wildman–Crippen LogP) is 2.07. The highest BCUT2D eigenvalue weighted by molar-refractivity contribution is 5.40. The minimum atomic E-state index is -0.664. The third-order valence-electron chi connectivity index (χ3n) is 5.86. The zero-order valence-electron chi connectivity index (χ0n) is 13.1. The van der Waals surface area contributed by atoms with Crippen molar-refractivity contribution in [1.82, 2.24) is 4.90 Å². The lowest BCUT2D eigenvalue weighted by atomic mass is 9.58. The van der Waals surface area contributed by atoms with Gasteiger partial charge in [0.05, 0.1) is 5.60 Å². The van der Waals surface area contributed by atoms with E-state index in [0.717, 1.165) is 51.6 Å². The Morgan fingerprint density at radius 1 is 1.14 bits per heavy atom. The zero-order valence-corrected chi connectivity index (χ0v) is 13.1. The molecule has 0 radical (unpaired) electrons. The number of rotatable bonds is 2. The number of aryl methyl sites for hydroxylation is 1. The van der Waals surface area contributed by atoms with Crippen LogP contribution in [0.5, 0.6) is 0 Å². The monoisotopic (exact) mass is 288 g/mol. The fourth-order valence-corrected chi connectivity index (χ4v) is 4.54. The SMILES string of the molecule is CN1CCCC(O)(C2(CN)CCCc3ccccc32)CC1. The second-order valence-corrected chi connectivity index (χ2v) is 6.99. The summed E-state index contributed by atoms with van der Waals surface area (Å²) in [7, 11) is 2.15. The second kappa shape index (κ2) is 5.71. The van der Waals surface area contributed by atoms with Crippen LogP contribution < -0.4 is 5.73 Å². The highest BCUT2D eigenvalue weighted by Crippen LogP contribution is 2.48. The summed E-state index contributed by atoms with van der Waals surface area (Å²) in [6, 6.07) is 8.62. The van der Waals surface area contributed by atoms with Gasteiger partial charge in [0.15, 0.2) is 0 Å². The molecule has 1 saturated heterocycles. The minimum absolute atomic E-state index is 0.257. The summed E-state index contributed by atoms with van der Waals surface area (Å²) >= 11 is 0. The summed E-state index contributed by atoms with van der Waals surface area (Å²) in [6.45, 7) is 2.58. The van der Waals surface area contributed by atoms with Gasteiger partial charge in [-0.3, -0.25) is 0 Å². The van der Waals surface area contributed by atoms with Gasteiger partial charge in [0.1, 0.15) is 0 Å². The zero-order chi connectivity index (χ0) is 14.9. The van der Waals surface area contributed by atoms with Crippen LogP contribution in [0.1, 0.15) is 43.2 Å². The summed E-state index contributed by atoms with van der Waals surface area (Å²) in [5.41, 5.74) is 8.06. The first-order chi connectivity index (χ1) is 10.1. The Labute approximate surface area is 128 Å². The first-order valence-electron chi connectivity index (χ1n) is 8.31. The molecule has 2 unspecified atom stereocenters. The van der Waals surface area contributed by atoms with E-state index in [9.17, 15) is 5.11 Å². The molecule has 3 nitrogen and oxygen atoms in total. The van der Waals surface area contributed by atoms with Crippen molar-refractivity contribution < 1.29 is 5.11 Å². The number of aliphatic hydroxyl groups is 1. The van der Waals surface area contributed by atoms with Gasteiger partial charge >= 0.3 is 0 Å². The third kappa shape index (κ3) is 2.41. The number of fused-ring (bicyclic) bond motifs is 1. The van der Waals surface area contributed by atoms with Crippen LogP contribution in [-0.4, -0.2) is 42.3 Å². The largest absolute Gasteiger partial charge is 0.389 e. The maximum absolute atomic E-state index is 11.6. The fraction of sp³-hybridized carbons (Fsp3) is 0.667.